The maximum Gasteiger partial charge on any atom is 0.329 e. The number of esters is 1. The van der Waals surface area contributed by atoms with Crippen LogP contribution < -0.4 is 0 Å². The van der Waals surface area contributed by atoms with Gasteiger partial charge in [0, 0.05) is 18.8 Å². The van der Waals surface area contributed by atoms with Crippen molar-refractivity contribution in [1.29, 1.82) is 0 Å². The van der Waals surface area contributed by atoms with Gasteiger partial charge in [-0.15, -0.1) is 0 Å². The molecule has 0 spiro atoms. The fourth-order valence-corrected chi connectivity index (χ4v) is 1.21. The lowest BCUT2D eigenvalue weighted by atomic mass is 10.2. The number of hydrogen-bond acceptors (Lipinski definition) is 3. The van der Waals surface area contributed by atoms with Gasteiger partial charge in [0.15, 0.2) is 0 Å². The van der Waals surface area contributed by atoms with E-state index in [0.717, 1.165) is 6.42 Å². The molecule has 1 aliphatic heterocycles. The van der Waals surface area contributed by atoms with E-state index in [1.54, 1.807) is 23.3 Å². The summed E-state index contributed by atoms with van der Waals surface area (Å²) in [5.41, 5.74) is 0. The Kier molecular flexibility index (Phi) is 1.38. The molecule has 11 heavy (non-hydrogen) atoms. The third kappa shape index (κ3) is 1.00. The summed E-state index contributed by atoms with van der Waals surface area (Å²) < 4.78 is 6.57. The first kappa shape index (κ1) is 6.39. The highest BCUT2D eigenvalue weighted by Gasteiger charge is 2.27. The lowest BCUT2D eigenvalue weighted by Gasteiger charge is -2.04. The molecule has 4 heteroatoms. The fraction of sp³-hybridized carbons (Fsp3) is 0.429. The van der Waals surface area contributed by atoms with Gasteiger partial charge in [-0.3, -0.25) is 0 Å². The topological polar surface area (TPSA) is 44.1 Å². The Labute approximate surface area is 63.8 Å². The van der Waals surface area contributed by atoms with Gasteiger partial charge in [0.05, 0.1) is 12.9 Å². The van der Waals surface area contributed by atoms with Crippen LogP contribution in [0.5, 0.6) is 0 Å². The number of nitrogens with zero attached hydrogens (tertiary/aromatic N) is 2. The lowest BCUT2D eigenvalue weighted by Crippen LogP contribution is -2.11. The van der Waals surface area contributed by atoms with Crippen molar-refractivity contribution in [2.24, 2.45) is 0 Å². The number of rotatable bonds is 1. The predicted molar refractivity (Wildman–Crippen MR) is 36.8 cm³/mol. The van der Waals surface area contributed by atoms with Crippen LogP contribution in [0, 0.1) is 0 Å². The Hall–Kier alpha value is -1.32. The van der Waals surface area contributed by atoms with E-state index in [1.807, 2.05) is 0 Å². The molecule has 2 rings (SSSR count). The minimum absolute atomic E-state index is 0.141. The SMILES string of the molecule is O=C1OCCC1n1ccnc1. The van der Waals surface area contributed by atoms with Gasteiger partial charge in [0.1, 0.15) is 6.04 Å². The molecule has 0 aliphatic carbocycles. The number of carbonyl (C=O) groups is 1. The molecular formula is C7H8N2O2. The molecule has 1 aliphatic rings. The number of ether oxygens (including phenoxy) is 1. The smallest absolute Gasteiger partial charge is 0.329 e. The van der Waals surface area contributed by atoms with E-state index in [-0.39, 0.29) is 12.0 Å². The monoisotopic (exact) mass is 152 g/mol. The molecule has 1 aromatic rings. The van der Waals surface area contributed by atoms with Crippen molar-refractivity contribution in [2.75, 3.05) is 6.61 Å². The Morgan fingerprint density at radius 3 is 3.18 bits per heavy atom. The van der Waals surface area contributed by atoms with Crippen molar-refractivity contribution >= 4 is 5.97 Å². The zero-order valence-corrected chi connectivity index (χ0v) is 5.93. The standard InChI is InChI=1S/C7H8N2O2/c10-7-6(1-4-11-7)9-3-2-8-5-9/h2-3,5-6H,1,4H2. The van der Waals surface area contributed by atoms with E-state index in [2.05, 4.69) is 4.98 Å². The van der Waals surface area contributed by atoms with Crippen LogP contribution >= 0.6 is 0 Å². The maximum atomic E-state index is 11.0. The molecule has 4 nitrogen and oxygen atoms in total. The van der Waals surface area contributed by atoms with E-state index < -0.39 is 0 Å². The molecule has 0 radical (unpaired) electrons. The van der Waals surface area contributed by atoms with Gasteiger partial charge in [-0.1, -0.05) is 0 Å². The first-order valence-corrected chi connectivity index (χ1v) is 3.52. The number of carbonyl (C=O) groups excluding carboxylic acids is 1. The highest BCUT2D eigenvalue weighted by molar-refractivity contribution is 5.75. The highest BCUT2D eigenvalue weighted by atomic mass is 16.5. The molecular weight excluding hydrogens is 144 g/mol. The van der Waals surface area contributed by atoms with Gasteiger partial charge in [-0.2, -0.15) is 0 Å². The van der Waals surface area contributed by atoms with Gasteiger partial charge < -0.3 is 9.30 Å². The summed E-state index contributed by atoms with van der Waals surface area (Å²) in [6.07, 6.45) is 5.83. The Morgan fingerprint density at radius 2 is 2.64 bits per heavy atom. The van der Waals surface area contributed by atoms with E-state index in [9.17, 15) is 4.79 Å². The first-order chi connectivity index (χ1) is 5.38. The lowest BCUT2D eigenvalue weighted by molar-refractivity contribution is -0.140. The molecule has 0 bridgehead atoms. The average Bonchev–Trinajstić information content (AvgIpc) is 2.55. The van der Waals surface area contributed by atoms with Crippen LogP contribution in [0.15, 0.2) is 18.7 Å². The zero-order valence-electron chi connectivity index (χ0n) is 5.93. The molecule has 0 saturated carbocycles. The maximum absolute atomic E-state index is 11.0. The minimum Gasteiger partial charge on any atom is -0.464 e. The van der Waals surface area contributed by atoms with Gasteiger partial charge in [0.25, 0.3) is 0 Å². The van der Waals surface area contributed by atoms with Crippen molar-refractivity contribution in [1.82, 2.24) is 9.55 Å². The van der Waals surface area contributed by atoms with Crippen LogP contribution in [0.1, 0.15) is 12.5 Å². The second kappa shape index (κ2) is 2.38. The summed E-state index contributed by atoms with van der Waals surface area (Å²) in [5, 5.41) is 0. The van der Waals surface area contributed by atoms with E-state index in [0.29, 0.717) is 6.61 Å². The van der Waals surface area contributed by atoms with Crippen LogP contribution in [-0.2, 0) is 9.53 Å². The van der Waals surface area contributed by atoms with Gasteiger partial charge in [-0.05, 0) is 0 Å². The predicted octanol–water partition coefficient (Wildman–Crippen LogP) is 0.371. The van der Waals surface area contributed by atoms with Crippen LogP contribution in [0.3, 0.4) is 0 Å². The zero-order chi connectivity index (χ0) is 7.68. The summed E-state index contributed by atoms with van der Waals surface area (Å²) in [6, 6.07) is -0.141. The quantitative estimate of drug-likeness (QED) is 0.546. The normalized spacial score (nSPS) is 23.6. The van der Waals surface area contributed by atoms with Crippen molar-refractivity contribution in [2.45, 2.75) is 12.5 Å². The Bertz CT molecular complexity index is 255. The summed E-state index contributed by atoms with van der Waals surface area (Å²) in [7, 11) is 0. The van der Waals surface area contributed by atoms with E-state index >= 15 is 0 Å². The summed E-state index contributed by atoms with van der Waals surface area (Å²) in [4.78, 5) is 14.9. The Balaban J connectivity index is 2.23. The van der Waals surface area contributed by atoms with E-state index in [1.165, 1.54) is 0 Å². The van der Waals surface area contributed by atoms with Crippen LogP contribution in [0.25, 0.3) is 0 Å². The third-order valence-electron chi connectivity index (χ3n) is 1.79. The van der Waals surface area contributed by atoms with Crippen molar-refractivity contribution in [3.8, 4) is 0 Å². The second-order valence-electron chi connectivity index (χ2n) is 2.48. The van der Waals surface area contributed by atoms with Gasteiger partial charge in [-0.25, -0.2) is 9.78 Å². The molecule has 1 saturated heterocycles. The van der Waals surface area contributed by atoms with E-state index in [4.69, 9.17) is 4.74 Å². The largest absolute Gasteiger partial charge is 0.464 e. The van der Waals surface area contributed by atoms with Crippen LogP contribution in [0.2, 0.25) is 0 Å². The molecule has 58 valence electrons. The number of cyclic esters (lactones) is 1. The molecule has 0 amide bonds. The number of hydrogen-bond donors (Lipinski definition) is 0. The molecule has 0 N–H and O–H groups in total. The van der Waals surface area contributed by atoms with Gasteiger partial charge >= 0.3 is 5.97 Å². The average molecular weight is 152 g/mol. The molecule has 1 aromatic heterocycles. The van der Waals surface area contributed by atoms with Crippen molar-refractivity contribution in [3.05, 3.63) is 18.7 Å². The Morgan fingerprint density at radius 1 is 1.73 bits per heavy atom. The molecule has 0 aromatic carbocycles. The summed E-state index contributed by atoms with van der Waals surface area (Å²) in [6.45, 7) is 0.529. The first-order valence-electron chi connectivity index (χ1n) is 3.52. The van der Waals surface area contributed by atoms with Crippen LogP contribution in [0.4, 0.5) is 0 Å². The summed E-state index contributed by atoms with van der Waals surface area (Å²) >= 11 is 0. The molecule has 1 unspecified atom stereocenters. The summed E-state index contributed by atoms with van der Waals surface area (Å²) in [5.74, 6) is -0.150. The fourth-order valence-electron chi connectivity index (χ4n) is 1.21. The molecule has 1 fully saturated rings. The van der Waals surface area contributed by atoms with Gasteiger partial charge in [0.2, 0.25) is 0 Å². The number of aromatic nitrogens is 2. The van der Waals surface area contributed by atoms with Crippen LogP contribution in [-0.4, -0.2) is 22.1 Å². The highest BCUT2D eigenvalue weighted by Crippen LogP contribution is 2.19. The minimum atomic E-state index is -0.150. The third-order valence-corrected chi connectivity index (χ3v) is 1.79. The van der Waals surface area contributed by atoms with Crippen molar-refractivity contribution in [3.63, 3.8) is 0 Å². The second-order valence-corrected chi connectivity index (χ2v) is 2.48. The molecule has 1 atom stereocenters. The molecule has 2 heterocycles. The number of imidazole rings is 1. The van der Waals surface area contributed by atoms with Crippen molar-refractivity contribution < 1.29 is 9.53 Å².